The van der Waals surface area contributed by atoms with Crippen LogP contribution in [0.4, 0.5) is 0 Å². The maximum absolute atomic E-state index is 2.52. The first-order chi connectivity index (χ1) is 14.6. The Morgan fingerprint density at radius 3 is 1.94 bits per heavy atom. The molecule has 5 rings (SSSR count). The van der Waals surface area contributed by atoms with Gasteiger partial charge in [0.25, 0.3) is 0 Å². The van der Waals surface area contributed by atoms with Gasteiger partial charge < -0.3 is 24.8 Å². The van der Waals surface area contributed by atoms with E-state index in [1.165, 1.54) is 32.7 Å². The van der Waals surface area contributed by atoms with Crippen molar-refractivity contribution in [2.24, 2.45) is 0 Å². The van der Waals surface area contributed by atoms with Crippen molar-refractivity contribution in [2.75, 3.05) is 0 Å². The van der Waals surface area contributed by atoms with E-state index in [1.807, 2.05) is 0 Å². The zero-order valence-electron chi connectivity index (χ0n) is 19.0. The molecular formula is C28H27Cl2SiZr. The molecule has 161 valence electrons. The molecule has 0 nitrogen and oxygen atoms in total. The smallest absolute Gasteiger partial charge is 1.00 e. The third-order valence-corrected chi connectivity index (χ3v) is 15.5. The van der Waals surface area contributed by atoms with Crippen LogP contribution in [0.3, 0.4) is 0 Å². The largest absolute Gasteiger partial charge is 1.00 e. The van der Waals surface area contributed by atoms with Gasteiger partial charge in [-0.3, -0.25) is 0 Å². The number of fused-ring (bicyclic) bond motifs is 3. The quantitative estimate of drug-likeness (QED) is 0.269. The molecule has 1 atom stereocenters. The fourth-order valence-corrected chi connectivity index (χ4v) is 14.2. The average molecular weight is 554 g/mol. The van der Waals surface area contributed by atoms with Crippen LogP contribution in [0.2, 0.25) is 13.1 Å². The zero-order valence-corrected chi connectivity index (χ0v) is 23.9. The zero-order chi connectivity index (χ0) is 20.8. The van der Waals surface area contributed by atoms with Crippen molar-refractivity contribution < 1.29 is 47.2 Å². The summed E-state index contributed by atoms with van der Waals surface area (Å²) in [5.41, 5.74) is 9.36. The minimum atomic E-state index is -0.430. The molecule has 0 aromatic heterocycles. The summed E-state index contributed by atoms with van der Waals surface area (Å²) in [4.78, 5) is 0. The fourth-order valence-electron chi connectivity index (χ4n) is 5.19. The second kappa shape index (κ2) is 10.4. The first-order valence-corrected chi connectivity index (χ1v) is 18.5. The van der Waals surface area contributed by atoms with E-state index in [1.54, 1.807) is 22.3 Å². The predicted octanol–water partition coefficient (Wildman–Crippen LogP) is 2.24. The molecule has 1 unspecified atom stereocenters. The summed E-state index contributed by atoms with van der Waals surface area (Å²) in [6.45, 7) is 9.82. The van der Waals surface area contributed by atoms with Crippen LogP contribution in [0.5, 0.6) is 0 Å². The number of hydrogen-bond acceptors (Lipinski definition) is 0. The molecule has 4 aromatic carbocycles. The Morgan fingerprint density at radius 2 is 1.38 bits per heavy atom. The third kappa shape index (κ3) is 4.21. The van der Waals surface area contributed by atoms with Crippen LogP contribution in [0.25, 0.3) is 38.2 Å². The summed E-state index contributed by atoms with van der Waals surface area (Å²) < 4.78 is 0.767. The third-order valence-electron chi connectivity index (χ3n) is 6.45. The van der Waals surface area contributed by atoms with Gasteiger partial charge in [0.2, 0.25) is 0 Å². The fraction of sp³-hybridized carbons (Fsp3) is 0.214. The molecule has 0 N–H and O–H groups in total. The number of hydrogen-bond donors (Lipinski definition) is 0. The first kappa shape index (κ1) is 25.4. The van der Waals surface area contributed by atoms with Crippen LogP contribution >= 0.6 is 0 Å². The number of halogens is 2. The molecule has 1 aliphatic carbocycles. The van der Waals surface area contributed by atoms with Gasteiger partial charge in [0.05, 0.1) is 0 Å². The van der Waals surface area contributed by atoms with E-state index in [4.69, 9.17) is 0 Å². The molecule has 4 heteroatoms. The summed E-state index contributed by atoms with van der Waals surface area (Å²) >= 11 is -0.430. The standard InChI is InChI=1S/C26H21.C2H6Si.2ClH.Zr/c1-3-21-17(2)15-20-11-8-14-24(25(20)21)26-22-12-6-4-9-18(22)16-19-10-5-7-13-23(19)26;1-3-2;;;/h4-16H,3H2,1-2H3;1-2H3;2*1H;/q;;;;+2/p-2. The predicted molar refractivity (Wildman–Crippen MR) is 130 cm³/mol. The second-order valence-corrected chi connectivity index (χ2v) is 21.8. The van der Waals surface area contributed by atoms with Crippen LogP contribution in [0, 0.1) is 0 Å². The van der Waals surface area contributed by atoms with Gasteiger partial charge in [0.1, 0.15) is 0 Å². The van der Waals surface area contributed by atoms with Crippen LogP contribution in [0.1, 0.15) is 35.0 Å². The van der Waals surface area contributed by atoms with Crippen LogP contribution in [0.15, 0.2) is 78.4 Å². The summed E-state index contributed by atoms with van der Waals surface area (Å²) in [5, 5.41) is 5.41. The Hall–Kier alpha value is -1.18. The Bertz CT molecular complexity index is 1260. The molecule has 0 saturated heterocycles. The van der Waals surface area contributed by atoms with E-state index in [9.17, 15) is 0 Å². The van der Waals surface area contributed by atoms with Gasteiger partial charge in [-0.15, -0.1) is 0 Å². The van der Waals surface area contributed by atoms with Crippen molar-refractivity contribution in [3.8, 4) is 11.1 Å². The molecule has 0 spiro atoms. The Balaban J connectivity index is 0.00000144. The minimum Gasteiger partial charge on any atom is -1.00 e. The SMILES string of the molecule is CCC1=C(C)[CH]([Zr+2][Si](C)C)c2cccc(-c3c4ccccc4cc4ccccc34)c21.[Cl-].[Cl-]. The maximum Gasteiger partial charge on any atom is -1.00 e. The molecule has 4 aromatic rings. The van der Waals surface area contributed by atoms with Gasteiger partial charge in [-0.2, -0.15) is 0 Å². The Kier molecular flexibility index (Phi) is 8.26. The van der Waals surface area contributed by atoms with Crippen molar-refractivity contribution in [1.82, 2.24) is 0 Å². The van der Waals surface area contributed by atoms with Gasteiger partial charge in [0, 0.05) is 0 Å². The van der Waals surface area contributed by atoms with Crippen molar-refractivity contribution in [3.05, 3.63) is 89.5 Å². The molecule has 0 amide bonds. The molecular weight excluding hydrogens is 527 g/mol. The van der Waals surface area contributed by atoms with E-state index in [-0.39, 0.29) is 30.7 Å². The van der Waals surface area contributed by atoms with Gasteiger partial charge in [-0.25, -0.2) is 0 Å². The molecule has 0 bridgehead atoms. The summed E-state index contributed by atoms with van der Waals surface area (Å²) in [5.74, 6) is -0.132. The molecule has 0 heterocycles. The average Bonchev–Trinajstić information content (AvgIpc) is 3.02. The summed E-state index contributed by atoms with van der Waals surface area (Å²) in [6, 6.07) is 27.3. The van der Waals surface area contributed by atoms with Crippen LogP contribution in [-0.2, 0) is 22.4 Å². The molecule has 32 heavy (non-hydrogen) atoms. The van der Waals surface area contributed by atoms with Gasteiger partial charge in [-0.05, 0) is 0 Å². The summed E-state index contributed by atoms with van der Waals surface area (Å²) in [7, 11) is 0. The van der Waals surface area contributed by atoms with Crippen molar-refractivity contribution in [3.63, 3.8) is 0 Å². The van der Waals surface area contributed by atoms with E-state index >= 15 is 0 Å². The number of rotatable bonds is 4. The molecule has 0 aliphatic heterocycles. The van der Waals surface area contributed by atoms with Crippen molar-refractivity contribution >= 4 is 33.0 Å². The van der Waals surface area contributed by atoms with Gasteiger partial charge in [0.15, 0.2) is 0 Å². The molecule has 0 fully saturated rings. The molecule has 1 radical (unpaired) electrons. The maximum atomic E-state index is 2.52. The monoisotopic (exact) mass is 551 g/mol. The number of benzene rings is 4. The molecule has 0 saturated carbocycles. The normalized spacial score (nSPS) is 14.8. The Labute approximate surface area is 216 Å². The van der Waals surface area contributed by atoms with Crippen LogP contribution < -0.4 is 24.8 Å². The topological polar surface area (TPSA) is 0 Å². The van der Waals surface area contributed by atoms with E-state index < -0.39 is 22.4 Å². The van der Waals surface area contributed by atoms with Crippen molar-refractivity contribution in [2.45, 2.75) is 37.0 Å². The van der Waals surface area contributed by atoms with E-state index in [0.29, 0.717) is 0 Å². The van der Waals surface area contributed by atoms with Crippen LogP contribution in [-0.4, -0.2) is 5.92 Å². The van der Waals surface area contributed by atoms with Crippen molar-refractivity contribution in [1.29, 1.82) is 0 Å². The summed E-state index contributed by atoms with van der Waals surface area (Å²) in [6.07, 6.45) is 1.13. The van der Waals surface area contributed by atoms with E-state index in [0.717, 1.165) is 10.0 Å². The van der Waals surface area contributed by atoms with Gasteiger partial charge >= 0.3 is 193 Å². The minimum absolute atomic E-state index is 0. The second-order valence-electron chi connectivity index (χ2n) is 8.56. The number of allylic oxidation sites excluding steroid dienone is 2. The van der Waals surface area contributed by atoms with E-state index in [2.05, 4.69) is 99.7 Å². The first-order valence-electron chi connectivity index (χ1n) is 10.9. The molecule has 1 aliphatic rings. The van der Waals surface area contributed by atoms with Gasteiger partial charge in [-0.1, -0.05) is 0 Å². The Morgan fingerprint density at radius 1 is 0.781 bits per heavy atom.